The number of thiophene rings is 1. The second-order valence-electron chi connectivity index (χ2n) is 5.28. The molecule has 0 saturated heterocycles. The first-order valence-corrected chi connectivity index (χ1v) is 10.1. The van der Waals surface area contributed by atoms with Gasteiger partial charge in [0, 0.05) is 17.8 Å². The monoisotopic (exact) mass is 367 g/mol. The molecule has 2 rings (SSSR count). The first-order valence-electron chi connectivity index (χ1n) is 7.67. The van der Waals surface area contributed by atoms with E-state index in [0.29, 0.717) is 17.0 Å². The average Bonchev–Trinajstić information content (AvgIpc) is 3.09. The van der Waals surface area contributed by atoms with Crippen molar-refractivity contribution >= 4 is 27.1 Å². The molecule has 1 heterocycles. The van der Waals surface area contributed by atoms with E-state index in [1.807, 2.05) is 18.4 Å². The Hall–Kier alpha value is -1.86. The van der Waals surface area contributed by atoms with Gasteiger partial charge in [-0.1, -0.05) is 13.0 Å². The van der Waals surface area contributed by atoms with Gasteiger partial charge in [0.25, 0.3) is 0 Å². The zero-order valence-electron chi connectivity index (χ0n) is 13.7. The van der Waals surface area contributed by atoms with E-state index in [2.05, 4.69) is 5.32 Å². The van der Waals surface area contributed by atoms with Crippen molar-refractivity contribution in [3.8, 4) is 5.75 Å². The zero-order valence-corrected chi connectivity index (χ0v) is 15.3. The molecule has 2 aromatic rings. The standard InChI is InChI=1S/C17H21NO4S2/c1-3-5-17(19)18-12-16(15-6-4-11-23-15)24(20,21)14-9-7-13(22-2)8-10-14/h4,6-11,16H,3,5,12H2,1-2H3,(H,18,19)/t16-/m0/s1. The molecule has 7 heteroatoms. The average molecular weight is 367 g/mol. The fourth-order valence-electron chi connectivity index (χ4n) is 2.29. The van der Waals surface area contributed by atoms with Crippen LogP contribution in [-0.2, 0) is 14.6 Å². The second-order valence-corrected chi connectivity index (χ2v) is 8.39. The maximum absolute atomic E-state index is 13.0. The molecule has 1 aromatic heterocycles. The molecule has 1 atom stereocenters. The maximum Gasteiger partial charge on any atom is 0.220 e. The van der Waals surface area contributed by atoms with Crippen molar-refractivity contribution in [1.82, 2.24) is 5.32 Å². The third-order valence-corrected chi connectivity index (χ3v) is 6.82. The minimum absolute atomic E-state index is 0.0632. The fourth-order valence-corrected chi connectivity index (χ4v) is 5.07. The first-order chi connectivity index (χ1) is 11.5. The van der Waals surface area contributed by atoms with Gasteiger partial charge < -0.3 is 10.1 Å². The van der Waals surface area contributed by atoms with Gasteiger partial charge in [0.15, 0.2) is 9.84 Å². The number of nitrogens with one attached hydrogen (secondary N) is 1. The number of carbonyl (C=O) groups excluding carboxylic acids is 1. The third kappa shape index (κ3) is 4.36. The van der Waals surface area contributed by atoms with Gasteiger partial charge in [-0.2, -0.15) is 0 Å². The number of carbonyl (C=O) groups is 1. The summed E-state index contributed by atoms with van der Waals surface area (Å²) >= 11 is 1.37. The molecule has 0 radical (unpaired) electrons. The molecule has 0 unspecified atom stereocenters. The minimum Gasteiger partial charge on any atom is -0.497 e. The summed E-state index contributed by atoms with van der Waals surface area (Å²) in [6, 6.07) is 9.89. The molecule has 24 heavy (non-hydrogen) atoms. The summed E-state index contributed by atoms with van der Waals surface area (Å²) in [5, 5.41) is 3.77. The summed E-state index contributed by atoms with van der Waals surface area (Å²) in [7, 11) is -2.09. The van der Waals surface area contributed by atoms with E-state index in [0.717, 1.165) is 6.42 Å². The molecular weight excluding hydrogens is 346 g/mol. The molecule has 130 valence electrons. The molecular formula is C17H21NO4S2. The van der Waals surface area contributed by atoms with Gasteiger partial charge in [-0.15, -0.1) is 11.3 Å². The smallest absolute Gasteiger partial charge is 0.220 e. The number of hydrogen-bond acceptors (Lipinski definition) is 5. The van der Waals surface area contributed by atoms with Gasteiger partial charge in [0.05, 0.1) is 12.0 Å². The molecule has 1 amide bonds. The lowest BCUT2D eigenvalue weighted by Crippen LogP contribution is -2.31. The van der Waals surface area contributed by atoms with Crippen LogP contribution in [0.5, 0.6) is 5.75 Å². The molecule has 0 aliphatic heterocycles. The highest BCUT2D eigenvalue weighted by Crippen LogP contribution is 2.32. The predicted molar refractivity (Wildman–Crippen MR) is 95.2 cm³/mol. The van der Waals surface area contributed by atoms with Gasteiger partial charge in [-0.05, 0) is 42.1 Å². The van der Waals surface area contributed by atoms with Crippen molar-refractivity contribution < 1.29 is 17.9 Å². The SMILES string of the molecule is CCCC(=O)NC[C@@H](c1cccs1)S(=O)(=O)c1ccc(OC)cc1. The molecule has 1 N–H and O–H groups in total. The van der Waals surface area contributed by atoms with Crippen LogP contribution < -0.4 is 10.1 Å². The second kappa shape index (κ2) is 8.30. The van der Waals surface area contributed by atoms with Gasteiger partial charge in [0.1, 0.15) is 11.0 Å². The van der Waals surface area contributed by atoms with Crippen LogP contribution in [0.25, 0.3) is 0 Å². The van der Waals surface area contributed by atoms with Crippen LogP contribution in [0, 0.1) is 0 Å². The van der Waals surface area contributed by atoms with Gasteiger partial charge >= 0.3 is 0 Å². The number of methoxy groups -OCH3 is 1. The Bertz CT molecular complexity index is 752. The summed E-state index contributed by atoms with van der Waals surface area (Å²) < 4.78 is 31.1. The van der Waals surface area contributed by atoms with E-state index in [4.69, 9.17) is 4.74 Å². The third-order valence-electron chi connectivity index (χ3n) is 3.58. The number of benzene rings is 1. The predicted octanol–water partition coefficient (Wildman–Crippen LogP) is 3.19. The van der Waals surface area contributed by atoms with Crippen molar-refractivity contribution in [3.05, 3.63) is 46.7 Å². The van der Waals surface area contributed by atoms with E-state index in [1.165, 1.54) is 30.6 Å². The lowest BCUT2D eigenvalue weighted by molar-refractivity contribution is -0.121. The van der Waals surface area contributed by atoms with E-state index in [9.17, 15) is 13.2 Å². The Kier molecular flexibility index (Phi) is 6.39. The quantitative estimate of drug-likeness (QED) is 0.778. The summed E-state index contributed by atoms with van der Waals surface area (Å²) in [5.41, 5.74) is 0. The number of amides is 1. The summed E-state index contributed by atoms with van der Waals surface area (Å²) in [6.45, 7) is 1.97. The highest BCUT2D eigenvalue weighted by atomic mass is 32.2. The number of rotatable bonds is 8. The van der Waals surface area contributed by atoms with E-state index in [-0.39, 0.29) is 17.3 Å². The molecule has 0 aliphatic rings. The lowest BCUT2D eigenvalue weighted by Gasteiger charge is -2.17. The van der Waals surface area contributed by atoms with Crippen LogP contribution in [0.1, 0.15) is 29.9 Å². The van der Waals surface area contributed by atoms with E-state index < -0.39 is 15.1 Å². The maximum atomic E-state index is 13.0. The van der Waals surface area contributed by atoms with Crippen LogP contribution in [0.15, 0.2) is 46.7 Å². The van der Waals surface area contributed by atoms with Gasteiger partial charge in [-0.3, -0.25) is 4.79 Å². The largest absolute Gasteiger partial charge is 0.497 e. The van der Waals surface area contributed by atoms with Crippen molar-refractivity contribution in [2.45, 2.75) is 29.9 Å². The number of ether oxygens (including phenoxy) is 1. The highest BCUT2D eigenvalue weighted by molar-refractivity contribution is 7.91. The summed E-state index contributed by atoms with van der Waals surface area (Å²) in [4.78, 5) is 12.7. The Morgan fingerprint density at radius 1 is 1.25 bits per heavy atom. The van der Waals surface area contributed by atoms with Gasteiger partial charge in [0.2, 0.25) is 5.91 Å². The Morgan fingerprint density at radius 2 is 1.96 bits per heavy atom. The fraction of sp³-hybridized carbons (Fsp3) is 0.353. The van der Waals surface area contributed by atoms with Crippen LogP contribution in [0.2, 0.25) is 0 Å². The first kappa shape index (κ1) is 18.5. The van der Waals surface area contributed by atoms with E-state index in [1.54, 1.807) is 18.2 Å². The van der Waals surface area contributed by atoms with Crippen molar-refractivity contribution in [2.75, 3.05) is 13.7 Å². The van der Waals surface area contributed by atoms with Crippen LogP contribution in [0.3, 0.4) is 0 Å². The van der Waals surface area contributed by atoms with Crippen molar-refractivity contribution in [1.29, 1.82) is 0 Å². The van der Waals surface area contributed by atoms with E-state index >= 15 is 0 Å². The molecule has 0 saturated carbocycles. The van der Waals surface area contributed by atoms with Crippen LogP contribution >= 0.6 is 11.3 Å². The highest BCUT2D eigenvalue weighted by Gasteiger charge is 2.30. The van der Waals surface area contributed by atoms with Crippen LogP contribution in [-0.4, -0.2) is 28.0 Å². The lowest BCUT2D eigenvalue weighted by atomic mass is 10.3. The Balaban J connectivity index is 2.29. The Morgan fingerprint density at radius 3 is 2.50 bits per heavy atom. The minimum atomic E-state index is -3.62. The molecule has 0 bridgehead atoms. The molecule has 0 aliphatic carbocycles. The normalized spacial score (nSPS) is 12.6. The molecule has 0 fully saturated rings. The topological polar surface area (TPSA) is 72.5 Å². The van der Waals surface area contributed by atoms with Crippen LogP contribution in [0.4, 0.5) is 0 Å². The Labute approximate surface area is 146 Å². The molecule has 0 spiro atoms. The number of hydrogen-bond donors (Lipinski definition) is 1. The van der Waals surface area contributed by atoms with Crippen molar-refractivity contribution in [2.24, 2.45) is 0 Å². The zero-order chi connectivity index (χ0) is 17.6. The number of sulfone groups is 1. The summed E-state index contributed by atoms with van der Waals surface area (Å²) in [6.07, 6.45) is 1.11. The molecule has 5 nitrogen and oxygen atoms in total. The van der Waals surface area contributed by atoms with Crippen molar-refractivity contribution in [3.63, 3.8) is 0 Å². The van der Waals surface area contributed by atoms with Gasteiger partial charge in [-0.25, -0.2) is 8.42 Å². The molecule has 1 aromatic carbocycles. The summed E-state index contributed by atoms with van der Waals surface area (Å²) in [5.74, 6) is 0.460.